The van der Waals surface area contributed by atoms with Crippen molar-refractivity contribution in [3.05, 3.63) is 29.3 Å². The van der Waals surface area contributed by atoms with Crippen molar-refractivity contribution < 1.29 is 18.6 Å². The lowest BCUT2D eigenvalue weighted by Crippen LogP contribution is -2.35. The van der Waals surface area contributed by atoms with E-state index in [1.54, 1.807) is 7.05 Å². The minimum absolute atomic E-state index is 0.0951. The zero-order valence-corrected chi connectivity index (χ0v) is 11.6. The van der Waals surface area contributed by atoms with Gasteiger partial charge in [0.2, 0.25) is 0 Å². The van der Waals surface area contributed by atoms with Crippen LogP contribution in [0.3, 0.4) is 0 Å². The third kappa shape index (κ3) is 5.98. The number of halogens is 2. The Morgan fingerprint density at radius 2 is 1.95 bits per heavy atom. The van der Waals surface area contributed by atoms with Crippen LogP contribution in [0.1, 0.15) is 11.1 Å². The molecular formula is C14H21F2NO2. The molecule has 0 spiro atoms. The Balaban J connectivity index is 2.41. The topological polar surface area (TPSA) is 32.7 Å². The van der Waals surface area contributed by atoms with Gasteiger partial charge in [-0.2, -0.15) is 0 Å². The zero-order chi connectivity index (χ0) is 14.4. The van der Waals surface area contributed by atoms with Crippen LogP contribution >= 0.6 is 0 Å². The van der Waals surface area contributed by atoms with Gasteiger partial charge in [0.1, 0.15) is 18.5 Å². The Kier molecular flexibility index (Phi) is 6.18. The summed E-state index contributed by atoms with van der Waals surface area (Å²) in [4.78, 5) is 1.39. The van der Waals surface area contributed by atoms with Gasteiger partial charge in [-0.25, -0.2) is 8.78 Å². The molecule has 0 aliphatic rings. The molecule has 0 saturated heterocycles. The molecule has 0 aliphatic heterocycles. The Hall–Kier alpha value is -1.20. The van der Waals surface area contributed by atoms with Crippen LogP contribution in [0.5, 0.6) is 5.75 Å². The van der Waals surface area contributed by atoms with Gasteiger partial charge < -0.3 is 9.84 Å². The predicted molar refractivity (Wildman–Crippen MR) is 70.9 cm³/mol. The van der Waals surface area contributed by atoms with Crippen molar-refractivity contribution in [2.75, 3.05) is 26.7 Å². The van der Waals surface area contributed by atoms with Crippen LogP contribution in [-0.4, -0.2) is 49.3 Å². The van der Waals surface area contributed by atoms with Gasteiger partial charge in [-0.05, 0) is 38.1 Å². The lowest BCUT2D eigenvalue weighted by molar-refractivity contribution is 0.0472. The van der Waals surface area contributed by atoms with Gasteiger partial charge in [0.25, 0.3) is 6.43 Å². The molecule has 5 heteroatoms. The lowest BCUT2D eigenvalue weighted by Gasteiger charge is -2.20. The largest absolute Gasteiger partial charge is 0.491 e. The quantitative estimate of drug-likeness (QED) is 0.827. The second-order valence-electron chi connectivity index (χ2n) is 4.85. The van der Waals surface area contributed by atoms with Crippen LogP contribution in [0.15, 0.2) is 18.2 Å². The van der Waals surface area contributed by atoms with Crippen molar-refractivity contribution in [2.24, 2.45) is 0 Å². The molecule has 19 heavy (non-hydrogen) atoms. The first kappa shape index (κ1) is 15.9. The van der Waals surface area contributed by atoms with Crippen LogP contribution in [-0.2, 0) is 0 Å². The lowest BCUT2D eigenvalue weighted by atomic mass is 10.1. The Bertz CT molecular complexity index is 399. The van der Waals surface area contributed by atoms with Crippen LogP contribution in [0, 0.1) is 13.8 Å². The van der Waals surface area contributed by atoms with E-state index >= 15 is 0 Å². The van der Waals surface area contributed by atoms with Gasteiger partial charge in [0, 0.05) is 6.54 Å². The molecule has 1 atom stereocenters. The number of rotatable bonds is 7. The normalized spacial score (nSPS) is 13.1. The fourth-order valence-electron chi connectivity index (χ4n) is 1.77. The highest BCUT2D eigenvalue weighted by Gasteiger charge is 2.13. The molecule has 0 radical (unpaired) electrons. The molecule has 0 aliphatic carbocycles. The summed E-state index contributed by atoms with van der Waals surface area (Å²) in [6.07, 6.45) is -3.18. The maximum Gasteiger partial charge on any atom is 0.251 e. The average Bonchev–Trinajstić information content (AvgIpc) is 2.29. The highest BCUT2D eigenvalue weighted by atomic mass is 19.3. The second kappa shape index (κ2) is 7.40. The van der Waals surface area contributed by atoms with Crippen molar-refractivity contribution in [1.29, 1.82) is 0 Å². The van der Waals surface area contributed by atoms with Gasteiger partial charge in [-0.15, -0.1) is 0 Å². The number of likely N-dealkylation sites (N-methyl/N-ethyl adjacent to an activating group) is 1. The Morgan fingerprint density at radius 3 is 2.58 bits per heavy atom. The highest BCUT2D eigenvalue weighted by molar-refractivity contribution is 5.35. The minimum atomic E-state index is -2.39. The van der Waals surface area contributed by atoms with Crippen LogP contribution in [0.2, 0.25) is 0 Å². The third-order valence-corrected chi connectivity index (χ3v) is 2.75. The van der Waals surface area contributed by atoms with Crippen LogP contribution in [0.4, 0.5) is 8.78 Å². The first-order valence-corrected chi connectivity index (χ1v) is 6.23. The molecular weight excluding hydrogens is 252 g/mol. The van der Waals surface area contributed by atoms with E-state index in [1.807, 2.05) is 32.0 Å². The number of nitrogens with zero attached hydrogens (tertiary/aromatic N) is 1. The molecule has 1 N–H and O–H groups in total. The molecule has 0 fully saturated rings. The summed E-state index contributed by atoms with van der Waals surface area (Å²) in [5.74, 6) is 0.718. The number of hydrogen-bond acceptors (Lipinski definition) is 3. The van der Waals surface area contributed by atoms with Gasteiger partial charge in [-0.1, -0.05) is 12.1 Å². The van der Waals surface area contributed by atoms with Gasteiger partial charge in [0.05, 0.1) is 6.54 Å². The van der Waals surface area contributed by atoms with Crippen LogP contribution in [0.25, 0.3) is 0 Å². The summed E-state index contributed by atoms with van der Waals surface area (Å²) in [6, 6.07) is 5.82. The molecule has 108 valence electrons. The van der Waals surface area contributed by atoms with E-state index in [0.717, 1.165) is 16.9 Å². The summed E-state index contributed by atoms with van der Waals surface area (Å²) < 4.78 is 29.8. The summed E-state index contributed by atoms with van der Waals surface area (Å²) in [6.45, 7) is 3.79. The number of alkyl halides is 2. The predicted octanol–water partition coefficient (Wildman–Crippen LogP) is 2.24. The van der Waals surface area contributed by atoms with Crippen LogP contribution < -0.4 is 4.74 Å². The molecule has 0 saturated carbocycles. The van der Waals surface area contributed by atoms with E-state index in [0.29, 0.717) is 0 Å². The number of aryl methyl sites for hydroxylation is 2. The smallest absolute Gasteiger partial charge is 0.251 e. The number of hydrogen-bond donors (Lipinski definition) is 1. The average molecular weight is 273 g/mol. The first-order valence-electron chi connectivity index (χ1n) is 6.23. The molecule has 0 bridgehead atoms. The number of ether oxygens (including phenoxy) is 1. The van der Waals surface area contributed by atoms with Gasteiger partial charge in [-0.3, -0.25) is 4.90 Å². The summed E-state index contributed by atoms with van der Waals surface area (Å²) in [5, 5.41) is 9.74. The van der Waals surface area contributed by atoms with E-state index in [2.05, 4.69) is 0 Å². The molecule has 0 amide bonds. The molecule has 3 nitrogen and oxygen atoms in total. The standard InChI is InChI=1S/C14H21F2NO2/c1-10-4-5-11(2)13(6-10)19-9-12(18)7-17(3)8-14(15)16/h4-6,12,14,18H,7-9H2,1-3H3. The third-order valence-electron chi connectivity index (χ3n) is 2.75. The Labute approximate surface area is 112 Å². The van der Waals surface area contributed by atoms with Gasteiger partial charge in [0.15, 0.2) is 0 Å². The molecule has 1 aromatic rings. The second-order valence-corrected chi connectivity index (χ2v) is 4.85. The van der Waals surface area contributed by atoms with Crippen molar-refractivity contribution in [2.45, 2.75) is 26.4 Å². The highest BCUT2D eigenvalue weighted by Crippen LogP contribution is 2.19. The molecule has 1 aromatic carbocycles. The first-order chi connectivity index (χ1) is 8.88. The SMILES string of the molecule is Cc1ccc(C)c(OCC(O)CN(C)CC(F)F)c1. The van der Waals surface area contributed by atoms with E-state index < -0.39 is 12.5 Å². The summed E-state index contributed by atoms with van der Waals surface area (Å²) in [5.41, 5.74) is 2.06. The van der Waals surface area contributed by atoms with Gasteiger partial charge >= 0.3 is 0 Å². The number of aliphatic hydroxyl groups is 1. The monoisotopic (exact) mass is 273 g/mol. The fraction of sp³-hybridized carbons (Fsp3) is 0.571. The zero-order valence-electron chi connectivity index (χ0n) is 11.6. The minimum Gasteiger partial charge on any atom is -0.491 e. The fourth-order valence-corrected chi connectivity index (χ4v) is 1.77. The molecule has 1 rings (SSSR count). The number of benzene rings is 1. The maximum atomic E-state index is 12.1. The van der Waals surface area contributed by atoms with Crippen molar-refractivity contribution >= 4 is 0 Å². The van der Waals surface area contributed by atoms with E-state index in [4.69, 9.17) is 4.74 Å². The van der Waals surface area contributed by atoms with Crippen molar-refractivity contribution in [1.82, 2.24) is 4.90 Å². The maximum absolute atomic E-state index is 12.1. The molecule has 0 aromatic heterocycles. The van der Waals surface area contributed by atoms with Crippen molar-refractivity contribution in [3.63, 3.8) is 0 Å². The van der Waals surface area contributed by atoms with E-state index in [1.165, 1.54) is 4.90 Å². The van der Waals surface area contributed by atoms with E-state index in [9.17, 15) is 13.9 Å². The molecule has 1 unspecified atom stereocenters. The molecule has 0 heterocycles. The van der Waals surface area contributed by atoms with Crippen molar-refractivity contribution in [3.8, 4) is 5.75 Å². The number of aliphatic hydroxyl groups excluding tert-OH is 1. The Morgan fingerprint density at radius 1 is 1.26 bits per heavy atom. The summed E-state index contributed by atoms with van der Waals surface area (Å²) in [7, 11) is 1.55. The summed E-state index contributed by atoms with van der Waals surface area (Å²) >= 11 is 0. The van der Waals surface area contributed by atoms with E-state index in [-0.39, 0.29) is 19.7 Å².